The Kier molecular flexibility index (Phi) is 5.09. The van der Waals surface area contributed by atoms with Gasteiger partial charge >= 0.3 is 0 Å². The highest BCUT2D eigenvalue weighted by molar-refractivity contribution is 5.45. The number of hydrogen-bond donors (Lipinski definition) is 0. The van der Waals surface area contributed by atoms with Crippen LogP contribution in [0.15, 0.2) is 36.4 Å². The summed E-state index contributed by atoms with van der Waals surface area (Å²) in [5.74, 6) is 7.43. The predicted molar refractivity (Wildman–Crippen MR) is 120 cm³/mol. The van der Waals surface area contributed by atoms with Gasteiger partial charge in [0.1, 0.15) is 0 Å². The van der Waals surface area contributed by atoms with E-state index >= 15 is 0 Å². The number of fused-ring (bicyclic) bond motifs is 5. The fourth-order valence-corrected chi connectivity index (χ4v) is 5.59. The van der Waals surface area contributed by atoms with Gasteiger partial charge in [0.15, 0.2) is 23.0 Å². The summed E-state index contributed by atoms with van der Waals surface area (Å²) in [4.78, 5) is 5.14. The second kappa shape index (κ2) is 8.23. The number of hydrogen-bond acceptors (Lipinski definition) is 6. The molecule has 166 valence electrons. The standard InChI is InChI=1S/C26H28N2O4/c1-2-20-14-28-8-7-21(20)11-22(28)15-27(12-18-3-5-23-25(9-18)31-16-29-23)13-19-4-6-24-26(10-19)32-17-30-24/h1,3-6,9-10,20-22H,7-8,11-17H2. The number of nitrogens with zero attached hydrogens (tertiary/aromatic N) is 2. The third kappa shape index (κ3) is 3.76. The first kappa shape index (κ1) is 19.8. The number of terminal acetylenes is 1. The van der Waals surface area contributed by atoms with Crippen molar-refractivity contribution in [2.45, 2.75) is 32.0 Å². The molecule has 2 aromatic carbocycles. The van der Waals surface area contributed by atoms with Crippen molar-refractivity contribution in [2.75, 3.05) is 33.2 Å². The molecule has 2 bridgehead atoms. The van der Waals surface area contributed by atoms with Crippen molar-refractivity contribution in [3.05, 3.63) is 47.5 Å². The zero-order valence-corrected chi connectivity index (χ0v) is 18.2. The molecule has 0 radical (unpaired) electrons. The Morgan fingerprint density at radius 1 is 0.906 bits per heavy atom. The molecule has 32 heavy (non-hydrogen) atoms. The Morgan fingerprint density at radius 3 is 2.09 bits per heavy atom. The van der Waals surface area contributed by atoms with Crippen LogP contribution in [-0.2, 0) is 13.1 Å². The summed E-state index contributed by atoms with van der Waals surface area (Å²) in [6.07, 6.45) is 8.22. The number of rotatable bonds is 6. The monoisotopic (exact) mass is 432 g/mol. The van der Waals surface area contributed by atoms with E-state index in [4.69, 9.17) is 25.4 Å². The smallest absolute Gasteiger partial charge is 0.231 e. The molecular formula is C26H28N2O4. The Labute approximate surface area is 189 Å². The van der Waals surface area contributed by atoms with Gasteiger partial charge in [0, 0.05) is 38.1 Å². The lowest BCUT2D eigenvalue weighted by Gasteiger charge is -2.49. The minimum atomic E-state index is 0.300. The van der Waals surface area contributed by atoms with Gasteiger partial charge in [-0.1, -0.05) is 12.1 Å². The lowest BCUT2D eigenvalue weighted by molar-refractivity contribution is 0.00285. The third-order valence-corrected chi connectivity index (χ3v) is 7.25. The van der Waals surface area contributed by atoms with Gasteiger partial charge in [-0.3, -0.25) is 9.80 Å². The van der Waals surface area contributed by atoms with E-state index < -0.39 is 0 Å². The van der Waals surface area contributed by atoms with Gasteiger partial charge < -0.3 is 18.9 Å². The van der Waals surface area contributed by atoms with E-state index in [0.29, 0.717) is 31.5 Å². The second-order valence-electron chi connectivity index (χ2n) is 9.25. The lowest BCUT2D eigenvalue weighted by atomic mass is 9.76. The van der Waals surface area contributed by atoms with Gasteiger partial charge in [0.25, 0.3) is 0 Å². The first-order valence-corrected chi connectivity index (χ1v) is 11.4. The molecule has 3 fully saturated rings. The number of ether oxygens (including phenoxy) is 4. The highest BCUT2D eigenvalue weighted by atomic mass is 16.7. The van der Waals surface area contributed by atoms with Crippen LogP contribution in [0.3, 0.4) is 0 Å². The Balaban J connectivity index is 1.22. The molecule has 4 atom stereocenters. The van der Waals surface area contributed by atoms with E-state index in [2.05, 4.69) is 40.0 Å². The summed E-state index contributed by atoms with van der Waals surface area (Å²) in [6, 6.07) is 13.1. The van der Waals surface area contributed by atoms with Crippen LogP contribution in [-0.4, -0.2) is 49.1 Å². The average molecular weight is 433 g/mol. The molecule has 0 spiro atoms. The van der Waals surface area contributed by atoms with Gasteiger partial charge in [-0.2, -0.15) is 0 Å². The molecule has 0 amide bonds. The first-order chi connectivity index (χ1) is 15.7. The molecule has 6 heteroatoms. The van der Waals surface area contributed by atoms with Crippen molar-refractivity contribution in [3.8, 4) is 35.3 Å². The molecular weight excluding hydrogens is 404 g/mol. The number of piperidine rings is 3. The summed E-state index contributed by atoms with van der Waals surface area (Å²) in [5.41, 5.74) is 2.46. The van der Waals surface area contributed by atoms with Gasteiger partial charge in [0.2, 0.25) is 13.6 Å². The van der Waals surface area contributed by atoms with Crippen molar-refractivity contribution in [1.29, 1.82) is 0 Å². The van der Waals surface area contributed by atoms with Gasteiger partial charge in [-0.25, -0.2) is 0 Å². The molecule has 0 saturated carbocycles. The van der Waals surface area contributed by atoms with E-state index in [1.807, 2.05) is 12.1 Å². The zero-order chi connectivity index (χ0) is 21.5. The molecule has 0 aliphatic carbocycles. The van der Waals surface area contributed by atoms with Gasteiger partial charge in [-0.15, -0.1) is 12.3 Å². The average Bonchev–Trinajstić information content (AvgIpc) is 3.48. The van der Waals surface area contributed by atoms with E-state index in [1.54, 1.807) is 0 Å². The second-order valence-corrected chi connectivity index (χ2v) is 9.25. The molecule has 5 aliphatic rings. The van der Waals surface area contributed by atoms with Crippen LogP contribution in [0, 0.1) is 24.2 Å². The Hall–Kier alpha value is -2.88. The van der Waals surface area contributed by atoms with E-state index in [-0.39, 0.29) is 0 Å². The lowest BCUT2D eigenvalue weighted by Crippen LogP contribution is -2.56. The molecule has 0 aromatic heterocycles. The first-order valence-electron chi connectivity index (χ1n) is 11.4. The van der Waals surface area contributed by atoms with Crippen molar-refractivity contribution in [1.82, 2.24) is 9.80 Å². The van der Waals surface area contributed by atoms with Crippen molar-refractivity contribution in [2.24, 2.45) is 11.8 Å². The quantitative estimate of drug-likeness (QED) is 0.651. The molecule has 7 rings (SSSR count). The third-order valence-electron chi connectivity index (χ3n) is 7.25. The molecule has 2 aromatic rings. The predicted octanol–water partition coefficient (Wildman–Crippen LogP) is 3.49. The SMILES string of the molecule is C#CC1CN2CCC1CC2CN(Cc1ccc2c(c1)OCO2)Cc1ccc2c(c1)OCO2. The summed E-state index contributed by atoms with van der Waals surface area (Å²) in [6.45, 7) is 5.50. The summed E-state index contributed by atoms with van der Waals surface area (Å²) < 4.78 is 22.2. The molecule has 4 unspecified atom stereocenters. The van der Waals surface area contributed by atoms with Crippen molar-refractivity contribution in [3.63, 3.8) is 0 Å². The fraction of sp³-hybridized carbons (Fsp3) is 0.462. The van der Waals surface area contributed by atoms with Gasteiger partial charge in [0.05, 0.1) is 0 Å². The van der Waals surface area contributed by atoms with Crippen molar-refractivity contribution < 1.29 is 18.9 Å². The normalized spacial score (nSPS) is 27.0. The van der Waals surface area contributed by atoms with Crippen LogP contribution in [0.4, 0.5) is 0 Å². The largest absolute Gasteiger partial charge is 0.454 e. The summed E-state index contributed by atoms with van der Waals surface area (Å²) >= 11 is 0. The summed E-state index contributed by atoms with van der Waals surface area (Å²) in [7, 11) is 0. The van der Waals surface area contributed by atoms with E-state index in [9.17, 15) is 0 Å². The molecule has 6 nitrogen and oxygen atoms in total. The van der Waals surface area contributed by atoms with E-state index in [1.165, 1.54) is 24.0 Å². The van der Waals surface area contributed by atoms with Crippen LogP contribution in [0.5, 0.6) is 23.0 Å². The molecule has 3 saturated heterocycles. The van der Waals surface area contributed by atoms with Crippen LogP contribution < -0.4 is 18.9 Å². The maximum atomic E-state index is 5.80. The van der Waals surface area contributed by atoms with Gasteiger partial charge in [-0.05, 0) is 60.7 Å². The highest BCUT2D eigenvalue weighted by Gasteiger charge is 2.39. The molecule has 5 aliphatic heterocycles. The maximum Gasteiger partial charge on any atom is 0.231 e. The van der Waals surface area contributed by atoms with Crippen LogP contribution >= 0.6 is 0 Å². The molecule has 0 N–H and O–H groups in total. The fourth-order valence-electron chi connectivity index (χ4n) is 5.59. The Bertz CT molecular complexity index is 989. The maximum absolute atomic E-state index is 5.80. The Morgan fingerprint density at radius 2 is 1.53 bits per heavy atom. The van der Waals surface area contributed by atoms with Crippen LogP contribution in [0.2, 0.25) is 0 Å². The zero-order valence-electron chi connectivity index (χ0n) is 18.2. The number of benzene rings is 2. The minimum absolute atomic E-state index is 0.300. The van der Waals surface area contributed by atoms with Crippen LogP contribution in [0.25, 0.3) is 0 Å². The van der Waals surface area contributed by atoms with Crippen molar-refractivity contribution >= 4 is 0 Å². The van der Waals surface area contributed by atoms with E-state index in [0.717, 1.165) is 55.7 Å². The topological polar surface area (TPSA) is 43.4 Å². The minimum Gasteiger partial charge on any atom is -0.454 e. The summed E-state index contributed by atoms with van der Waals surface area (Å²) in [5, 5.41) is 0. The molecule has 5 heterocycles. The highest BCUT2D eigenvalue weighted by Crippen LogP contribution is 2.38. The van der Waals surface area contributed by atoms with Crippen LogP contribution in [0.1, 0.15) is 24.0 Å².